The fraction of sp³-hybridized carbons (Fsp3) is 1.00. The monoisotopic (exact) mass is 243 g/mol. The average Bonchev–Trinajstić information content (AvgIpc) is 2.73. The van der Waals surface area contributed by atoms with E-state index in [1.54, 1.807) is 7.11 Å². The fourth-order valence-electron chi connectivity index (χ4n) is 2.73. The van der Waals surface area contributed by atoms with Crippen LogP contribution in [0.15, 0.2) is 0 Å². The summed E-state index contributed by atoms with van der Waals surface area (Å²) >= 11 is 0. The van der Waals surface area contributed by atoms with Crippen molar-refractivity contribution >= 4 is 0 Å². The van der Waals surface area contributed by atoms with Crippen LogP contribution in [0.3, 0.4) is 0 Å². The van der Waals surface area contributed by atoms with Crippen LogP contribution in [-0.4, -0.2) is 39.0 Å². The Balaban J connectivity index is 2.46. The van der Waals surface area contributed by atoms with Gasteiger partial charge in [-0.2, -0.15) is 0 Å². The molecule has 1 heterocycles. The molecule has 0 bridgehead atoms. The first-order valence-corrected chi connectivity index (χ1v) is 7.02. The van der Waals surface area contributed by atoms with Crippen LogP contribution < -0.4 is 5.32 Å². The van der Waals surface area contributed by atoms with Crippen LogP contribution in [0.5, 0.6) is 0 Å². The Kier molecular flexibility index (Phi) is 7.09. The van der Waals surface area contributed by atoms with Gasteiger partial charge in [-0.1, -0.05) is 13.8 Å². The summed E-state index contributed by atoms with van der Waals surface area (Å²) in [6, 6.07) is 0.579. The number of rotatable bonds is 8. The van der Waals surface area contributed by atoms with Gasteiger partial charge in [0, 0.05) is 25.7 Å². The summed E-state index contributed by atoms with van der Waals surface area (Å²) in [6.45, 7) is 9.60. The lowest BCUT2D eigenvalue weighted by molar-refractivity contribution is 0.110. The van der Waals surface area contributed by atoms with Gasteiger partial charge >= 0.3 is 0 Å². The Morgan fingerprint density at radius 2 is 2.24 bits per heavy atom. The van der Waals surface area contributed by atoms with Gasteiger partial charge < -0.3 is 14.8 Å². The van der Waals surface area contributed by atoms with Gasteiger partial charge in [0.1, 0.15) is 0 Å². The van der Waals surface area contributed by atoms with Crippen molar-refractivity contribution in [3.63, 3.8) is 0 Å². The molecule has 1 aliphatic heterocycles. The molecule has 4 atom stereocenters. The minimum absolute atomic E-state index is 0.431. The zero-order chi connectivity index (χ0) is 12.7. The van der Waals surface area contributed by atoms with E-state index in [0.29, 0.717) is 24.0 Å². The highest BCUT2D eigenvalue weighted by Crippen LogP contribution is 2.27. The van der Waals surface area contributed by atoms with Crippen molar-refractivity contribution in [3.8, 4) is 0 Å². The summed E-state index contributed by atoms with van der Waals surface area (Å²) in [4.78, 5) is 0. The number of nitrogens with one attached hydrogen (secondary N) is 1. The van der Waals surface area contributed by atoms with Crippen molar-refractivity contribution in [2.45, 2.75) is 52.2 Å². The van der Waals surface area contributed by atoms with Crippen LogP contribution >= 0.6 is 0 Å². The molecule has 1 aliphatic rings. The molecule has 3 heteroatoms. The van der Waals surface area contributed by atoms with Crippen LogP contribution in [0.4, 0.5) is 0 Å². The largest absolute Gasteiger partial charge is 0.385 e. The van der Waals surface area contributed by atoms with Crippen molar-refractivity contribution in [1.82, 2.24) is 5.32 Å². The standard InChI is InChI=1S/C14H29NO2/c1-5-7-15-14(11(2)6-8-16-4)13-9-12(3)17-10-13/h11-15H,5-10H2,1-4H3. The molecule has 0 amide bonds. The highest BCUT2D eigenvalue weighted by molar-refractivity contribution is 4.85. The predicted molar refractivity (Wildman–Crippen MR) is 71.3 cm³/mol. The lowest BCUT2D eigenvalue weighted by atomic mass is 9.86. The molecule has 3 nitrogen and oxygen atoms in total. The van der Waals surface area contributed by atoms with Crippen LogP contribution in [0.2, 0.25) is 0 Å². The number of methoxy groups -OCH3 is 1. The fourth-order valence-corrected chi connectivity index (χ4v) is 2.73. The number of hydrogen-bond acceptors (Lipinski definition) is 3. The summed E-state index contributed by atoms with van der Waals surface area (Å²) in [5.74, 6) is 1.32. The number of hydrogen-bond donors (Lipinski definition) is 1. The molecule has 4 unspecified atom stereocenters. The van der Waals surface area contributed by atoms with Crippen molar-refractivity contribution in [2.24, 2.45) is 11.8 Å². The van der Waals surface area contributed by atoms with Gasteiger partial charge in [-0.05, 0) is 38.6 Å². The van der Waals surface area contributed by atoms with Gasteiger partial charge in [0.25, 0.3) is 0 Å². The lowest BCUT2D eigenvalue weighted by Gasteiger charge is -2.29. The average molecular weight is 243 g/mol. The van der Waals surface area contributed by atoms with E-state index in [1.807, 2.05) is 0 Å². The molecule has 0 saturated carbocycles. The molecule has 0 aromatic rings. The minimum Gasteiger partial charge on any atom is -0.385 e. The maximum Gasteiger partial charge on any atom is 0.0551 e. The Labute approximate surface area is 106 Å². The quantitative estimate of drug-likeness (QED) is 0.710. The molecule has 1 fully saturated rings. The molecule has 0 spiro atoms. The van der Waals surface area contributed by atoms with Gasteiger partial charge in [-0.15, -0.1) is 0 Å². The first-order chi connectivity index (χ1) is 8.19. The van der Waals surface area contributed by atoms with Crippen LogP contribution in [0.1, 0.15) is 40.0 Å². The normalized spacial score (nSPS) is 28.2. The molecular formula is C14H29NO2. The lowest BCUT2D eigenvalue weighted by Crippen LogP contribution is -2.42. The summed E-state index contributed by atoms with van der Waals surface area (Å²) < 4.78 is 10.9. The predicted octanol–water partition coefficient (Wildman–Crippen LogP) is 2.45. The van der Waals surface area contributed by atoms with E-state index in [1.165, 1.54) is 12.8 Å². The molecule has 0 aliphatic carbocycles. The van der Waals surface area contributed by atoms with E-state index in [2.05, 4.69) is 26.1 Å². The molecular weight excluding hydrogens is 214 g/mol. The van der Waals surface area contributed by atoms with Gasteiger partial charge in [-0.3, -0.25) is 0 Å². The molecule has 0 aromatic carbocycles. The van der Waals surface area contributed by atoms with Crippen LogP contribution in [0.25, 0.3) is 0 Å². The zero-order valence-corrected chi connectivity index (χ0v) is 11.9. The third-order valence-corrected chi connectivity index (χ3v) is 3.76. The van der Waals surface area contributed by atoms with E-state index in [4.69, 9.17) is 9.47 Å². The van der Waals surface area contributed by atoms with Crippen molar-refractivity contribution < 1.29 is 9.47 Å². The van der Waals surface area contributed by atoms with Gasteiger partial charge in [-0.25, -0.2) is 0 Å². The van der Waals surface area contributed by atoms with E-state index < -0.39 is 0 Å². The third-order valence-electron chi connectivity index (χ3n) is 3.76. The maximum absolute atomic E-state index is 5.71. The van der Waals surface area contributed by atoms with Crippen LogP contribution in [0, 0.1) is 11.8 Å². The molecule has 1 saturated heterocycles. The molecule has 1 rings (SSSR count). The molecule has 1 N–H and O–H groups in total. The summed E-state index contributed by atoms with van der Waals surface area (Å²) in [6.07, 6.45) is 3.94. The Bertz CT molecular complexity index is 199. The van der Waals surface area contributed by atoms with Gasteiger partial charge in [0.2, 0.25) is 0 Å². The first-order valence-electron chi connectivity index (χ1n) is 7.02. The van der Waals surface area contributed by atoms with Crippen LogP contribution in [-0.2, 0) is 9.47 Å². The SMILES string of the molecule is CCCNC(C(C)CCOC)C1COC(C)C1. The van der Waals surface area contributed by atoms with E-state index >= 15 is 0 Å². The van der Waals surface area contributed by atoms with E-state index in [0.717, 1.165) is 26.2 Å². The smallest absolute Gasteiger partial charge is 0.0551 e. The zero-order valence-electron chi connectivity index (χ0n) is 11.9. The molecule has 17 heavy (non-hydrogen) atoms. The molecule has 0 radical (unpaired) electrons. The Morgan fingerprint density at radius 1 is 1.47 bits per heavy atom. The number of ether oxygens (including phenoxy) is 2. The first kappa shape index (κ1) is 14.9. The van der Waals surface area contributed by atoms with Crippen molar-refractivity contribution in [3.05, 3.63) is 0 Å². The second-order valence-corrected chi connectivity index (χ2v) is 5.38. The Morgan fingerprint density at radius 3 is 2.76 bits per heavy atom. The van der Waals surface area contributed by atoms with Crippen molar-refractivity contribution in [2.75, 3.05) is 26.9 Å². The summed E-state index contributed by atoms with van der Waals surface area (Å²) in [7, 11) is 1.78. The second-order valence-electron chi connectivity index (χ2n) is 5.38. The van der Waals surface area contributed by atoms with Gasteiger partial charge in [0.05, 0.1) is 12.7 Å². The summed E-state index contributed by atoms with van der Waals surface area (Å²) in [5.41, 5.74) is 0. The Hall–Kier alpha value is -0.120. The third kappa shape index (κ3) is 4.94. The molecule has 0 aromatic heterocycles. The van der Waals surface area contributed by atoms with E-state index in [9.17, 15) is 0 Å². The minimum atomic E-state index is 0.431. The van der Waals surface area contributed by atoms with Gasteiger partial charge in [0.15, 0.2) is 0 Å². The topological polar surface area (TPSA) is 30.5 Å². The highest BCUT2D eigenvalue weighted by atomic mass is 16.5. The highest BCUT2D eigenvalue weighted by Gasteiger charge is 2.32. The second kappa shape index (κ2) is 8.06. The van der Waals surface area contributed by atoms with E-state index in [-0.39, 0.29) is 0 Å². The summed E-state index contributed by atoms with van der Waals surface area (Å²) in [5, 5.41) is 3.71. The van der Waals surface area contributed by atoms with Crippen molar-refractivity contribution in [1.29, 1.82) is 0 Å². The maximum atomic E-state index is 5.71. The molecule has 102 valence electrons.